The van der Waals surface area contributed by atoms with E-state index >= 15 is 0 Å². The van der Waals surface area contributed by atoms with Crippen LogP contribution in [0.15, 0.2) is 193 Å². The van der Waals surface area contributed by atoms with Gasteiger partial charge in [-0.15, -0.1) is 45.3 Å². The molecule has 338 valence electrons. The number of fused-ring (bicyclic) bond motifs is 7. The van der Waals surface area contributed by atoms with Crippen LogP contribution in [-0.4, -0.2) is 6.71 Å². The van der Waals surface area contributed by atoms with Crippen LogP contribution in [-0.2, 0) is 5.41 Å². The number of allylic oxidation sites excluding steroid dienone is 4. The Kier molecular flexibility index (Phi) is 10.3. The first-order valence-corrected chi connectivity index (χ1v) is 27.4. The number of hydrogen-bond donors (Lipinski definition) is 0. The number of aryl methyl sites for hydroxylation is 2. The summed E-state index contributed by atoms with van der Waals surface area (Å²) in [6.45, 7) is 13.8. The van der Waals surface area contributed by atoms with Gasteiger partial charge in [-0.3, -0.25) is 0 Å². The van der Waals surface area contributed by atoms with Crippen molar-refractivity contribution in [3.8, 4) is 20.9 Å². The summed E-state index contributed by atoms with van der Waals surface area (Å²) in [5.41, 5.74) is 16.4. The van der Waals surface area contributed by atoms with E-state index < -0.39 is 0 Å². The molecule has 0 saturated heterocycles. The second-order valence-electron chi connectivity index (χ2n) is 19.8. The van der Waals surface area contributed by atoms with Crippen LogP contribution >= 0.6 is 45.3 Å². The van der Waals surface area contributed by atoms with Crippen molar-refractivity contribution >= 4 is 137 Å². The number of nitrogens with zero attached hydrogens (tertiary/aromatic N) is 2. The average Bonchev–Trinajstić information content (AvgIpc) is 4.18. The van der Waals surface area contributed by atoms with Gasteiger partial charge in [0.2, 0.25) is 0 Å². The van der Waals surface area contributed by atoms with Gasteiger partial charge in [0.1, 0.15) is 0 Å². The molecule has 13 rings (SSSR count). The molecule has 4 aromatic heterocycles. The first kappa shape index (κ1) is 43.3. The van der Waals surface area contributed by atoms with Crippen LogP contribution in [0, 0.1) is 13.8 Å². The number of hydrogen-bond acceptors (Lipinski definition) is 6. The molecule has 0 bridgehead atoms. The molecule has 0 amide bonds. The van der Waals surface area contributed by atoms with E-state index in [2.05, 4.69) is 239 Å². The Bertz CT molecular complexity index is 3890. The highest BCUT2D eigenvalue weighted by Crippen LogP contribution is 2.51. The van der Waals surface area contributed by atoms with Crippen molar-refractivity contribution in [2.24, 2.45) is 0 Å². The maximum atomic E-state index is 2.64. The summed E-state index contributed by atoms with van der Waals surface area (Å²) in [6.07, 6.45) is 9.42. The third kappa shape index (κ3) is 7.08. The molecule has 0 N–H and O–H groups in total. The zero-order chi connectivity index (χ0) is 47.4. The smallest absolute Gasteiger partial charge is 0.254 e. The van der Waals surface area contributed by atoms with Gasteiger partial charge >= 0.3 is 0 Å². The van der Waals surface area contributed by atoms with Crippen molar-refractivity contribution in [2.75, 3.05) is 9.80 Å². The fourth-order valence-corrected chi connectivity index (χ4v) is 15.3. The molecule has 0 atom stereocenters. The molecule has 6 heterocycles. The number of anilines is 5. The molecule has 2 aliphatic heterocycles. The standard InChI is InChI=1S/C63H49BN2S4/c1-7-16-49-50(29-28-47-34-41-17-8-11-24-53(41)67-47)65(46-21-14-20-40(33-46)57-35-42-18-9-12-25-54(42)68-57)51-22-15-23-52-60(51)64(49)59-48-37-45(63(4,5)6)27-30-56(48)70-62(59)66(52)61-38(2)31-44(32-39(61)3)58-36-43-19-10-13-26-55(43)69-58/h7-37H,1-6H3/b16-7-,29-28+. The lowest BCUT2D eigenvalue weighted by Crippen LogP contribution is -2.55. The average molecular weight is 973 g/mol. The number of benzene rings is 7. The van der Waals surface area contributed by atoms with E-state index in [0.29, 0.717) is 0 Å². The van der Waals surface area contributed by atoms with E-state index in [4.69, 9.17) is 0 Å². The largest absolute Gasteiger partial charge is 0.311 e. The molecule has 2 nitrogen and oxygen atoms in total. The van der Waals surface area contributed by atoms with Crippen LogP contribution in [0.4, 0.5) is 27.8 Å². The predicted octanol–water partition coefficient (Wildman–Crippen LogP) is 18.4. The van der Waals surface area contributed by atoms with Gasteiger partial charge in [-0.25, -0.2) is 0 Å². The molecular formula is C63H49BN2S4. The van der Waals surface area contributed by atoms with Crippen LogP contribution in [0.25, 0.3) is 67.3 Å². The van der Waals surface area contributed by atoms with Gasteiger partial charge in [-0.1, -0.05) is 118 Å². The normalized spacial score (nSPS) is 13.9. The van der Waals surface area contributed by atoms with Crippen LogP contribution < -0.4 is 20.7 Å². The van der Waals surface area contributed by atoms with Crippen molar-refractivity contribution < 1.29 is 0 Å². The van der Waals surface area contributed by atoms with Crippen molar-refractivity contribution in [1.82, 2.24) is 0 Å². The fraction of sp³-hybridized carbons (Fsp3) is 0.111. The van der Waals surface area contributed by atoms with Crippen LogP contribution in [0.1, 0.15) is 49.3 Å². The summed E-state index contributed by atoms with van der Waals surface area (Å²) in [7, 11) is 0. The molecule has 7 heteroatoms. The molecule has 2 aliphatic rings. The summed E-state index contributed by atoms with van der Waals surface area (Å²) in [5, 5.41) is 6.50. The zero-order valence-corrected chi connectivity index (χ0v) is 43.3. The van der Waals surface area contributed by atoms with Crippen LogP contribution in [0.5, 0.6) is 0 Å². The fourth-order valence-electron chi connectivity index (χ4n) is 11.0. The first-order chi connectivity index (χ1) is 34.1. The predicted molar refractivity (Wildman–Crippen MR) is 313 cm³/mol. The quantitative estimate of drug-likeness (QED) is 0.147. The van der Waals surface area contributed by atoms with E-state index in [0.717, 1.165) is 5.69 Å². The highest BCUT2D eigenvalue weighted by atomic mass is 32.1. The Labute approximate surface area is 426 Å². The van der Waals surface area contributed by atoms with Crippen molar-refractivity contribution in [2.45, 2.75) is 47.0 Å². The van der Waals surface area contributed by atoms with E-state index in [1.807, 2.05) is 45.3 Å². The van der Waals surface area contributed by atoms with Gasteiger partial charge in [-0.05, 0) is 183 Å². The maximum absolute atomic E-state index is 2.64. The third-order valence-corrected chi connectivity index (χ3v) is 18.8. The van der Waals surface area contributed by atoms with Crippen molar-refractivity contribution in [3.63, 3.8) is 0 Å². The highest BCUT2D eigenvalue weighted by Gasteiger charge is 2.46. The lowest BCUT2D eigenvalue weighted by molar-refractivity contribution is 0.591. The monoisotopic (exact) mass is 972 g/mol. The molecule has 0 fully saturated rings. The van der Waals surface area contributed by atoms with Gasteiger partial charge in [0.15, 0.2) is 0 Å². The second-order valence-corrected chi connectivity index (χ2v) is 24.1. The summed E-state index contributed by atoms with van der Waals surface area (Å²) >= 11 is 7.54. The van der Waals surface area contributed by atoms with Gasteiger partial charge in [0.05, 0.1) is 10.7 Å². The molecular weight excluding hydrogens is 924 g/mol. The SMILES string of the molecule is C/C=C\C1=C(/C=C/c2cc3ccccc3s2)N(c2cccc(-c3cc4ccccc4s3)c2)c2cccc3c2B1c1c(sc2ccc(C(C)(C)C)cc12)N3c1c(C)cc(-c2cc3ccccc3s2)cc1C. The molecule has 70 heavy (non-hydrogen) atoms. The van der Waals surface area contributed by atoms with Crippen molar-refractivity contribution in [1.29, 1.82) is 0 Å². The molecule has 0 unspecified atom stereocenters. The first-order valence-electron chi connectivity index (χ1n) is 24.1. The highest BCUT2D eigenvalue weighted by molar-refractivity contribution is 7.26. The van der Waals surface area contributed by atoms with E-state index in [1.54, 1.807) is 0 Å². The van der Waals surface area contributed by atoms with E-state index in [9.17, 15) is 0 Å². The van der Waals surface area contributed by atoms with Gasteiger partial charge in [0.25, 0.3) is 6.71 Å². The van der Waals surface area contributed by atoms with E-state index in [1.165, 1.54) is 127 Å². The molecule has 11 aromatic rings. The Morgan fingerprint density at radius 2 is 1.11 bits per heavy atom. The summed E-state index contributed by atoms with van der Waals surface area (Å²) in [4.78, 5) is 9.02. The Morgan fingerprint density at radius 3 is 1.76 bits per heavy atom. The summed E-state index contributed by atoms with van der Waals surface area (Å²) in [6, 6.07) is 61.7. The minimum atomic E-state index is -0.0276. The lowest BCUT2D eigenvalue weighted by atomic mass is 9.33. The van der Waals surface area contributed by atoms with Crippen LogP contribution in [0.2, 0.25) is 0 Å². The summed E-state index contributed by atoms with van der Waals surface area (Å²) < 4.78 is 5.24. The Morgan fingerprint density at radius 1 is 0.500 bits per heavy atom. The minimum absolute atomic E-state index is 0.0149. The van der Waals surface area contributed by atoms with Gasteiger partial charge in [-0.2, -0.15) is 0 Å². The van der Waals surface area contributed by atoms with E-state index in [-0.39, 0.29) is 12.1 Å². The number of rotatable bonds is 7. The second kappa shape index (κ2) is 16.7. The van der Waals surface area contributed by atoms with Gasteiger partial charge in [0, 0.05) is 56.2 Å². The number of thiophene rings is 4. The third-order valence-electron chi connectivity index (χ3n) is 14.2. The lowest BCUT2D eigenvalue weighted by Gasteiger charge is -2.44. The molecule has 7 aromatic carbocycles. The Balaban J connectivity index is 1.08. The topological polar surface area (TPSA) is 6.48 Å². The maximum Gasteiger partial charge on any atom is 0.254 e. The van der Waals surface area contributed by atoms with Crippen LogP contribution in [0.3, 0.4) is 0 Å². The van der Waals surface area contributed by atoms with Gasteiger partial charge < -0.3 is 9.80 Å². The zero-order valence-electron chi connectivity index (χ0n) is 40.0. The molecule has 0 aliphatic carbocycles. The minimum Gasteiger partial charge on any atom is -0.311 e. The Hall–Kier alpha value is -6.74. The molecule has 0 radical (unpaired) electrons. The van der Waals surface area contributed by atoms with Crippen molar-refractivity contribution in [3.05, 3.63) is 215 Å². The molecule has 0 saturated carbocycles. The molecule has 0 spiro atoms. The summed E-state index contributed by atoms with van der Waals surface area (Å²) in [5.74, 6) is 0.